The topological polar surface area (TPSA) is 28.2 Å². The van der Waals surface area contributed by atoms with Crippen molar-refractivity contribution in [3.05, 3.63) is 10.6 Å². The van der Waals surface area contributed by atoms with Crippen LogP contribution in [0.5, 0.6) is 0 Å². The van der Waals surface area contributed by atoms with Crippen molar-refractivity contribution in [2.24, 2.45) is 0 Å². The van der Waals surface area contributed by atoms with Crippen molar-refractivity contribution in [3.8, 4) is 0 Å². The predicted octanol–water partition coefficient (Wildman–Crippen LogP) is 4.29. The van der Waals surface area contributed by atoms with Gasteiger partial charge in [-0.05, 0) is 39.0 Å². The van der Waals surface area contributed by atoms with Gasteiger partial charge in [0.2, 0.25) is 0 Å². The van der Waals surface area contributed by atoms with E-state index in [1.165, 1.54) is 47.8 Å². The normalized spacial score (nSPS) is 26.0. The monoisotopic (exact) mass is 307 g/mol. The van der Waals surface area contributed by atoms with E-state index in [0.29, 0.717) is 18.1 Å². The molecule has 1 aromatic rings. The van der Waals surface area contributed by atoms with Gasteiger partial charge in [0, 0.05) is 35.5 Å². The summed E-state index contributed by atoms with van der Waals surface area (Å²) in [7, 11) is 0. The van der Waals surface area contributed by atoms with Crippen LogP contribution in [0.3, 0.4) is 0 Å². The summed E-state index contributed by atoms with van der Waals surface area (Å²) in [4.78, 5) is 9.17. The zero-order chi connectivity index (χ0) is 15.0. The van der Waals surface area contributed by atoms with E-state index in [1.54, 1.807) is 0 Å². The fraction of sp³-hybridized carbons (Fsp3) is 0.824. The van der Waals surface area contributed by atoms with E-state index < -0.39 is 0 Å². The van der Waals surface area contributed by atoms with Crippen molar-refractivity contribution in [1.29, 1.82) is 0 Å². The van der Waals surface area contributed by atoms with Crippen LogP contribution < -0.4 is 10.2 Å². The molecule has 0 spiro atoms. The minimum Gasteiger partial charge on any atom is -0.342 e. The number of thiazole rings is 1. The number of hydrogen-bond donors (Lipinski definition) is 1. The highest BCUT2D eigenvalue weighted by atomic mass is 32.1. The molecule has 0 aromatic carbocycles. The predicted molar refractivity (Wildman–Crippen MR) is 91.3 cm³/mol. The SMILES string of the molecule is CCC1CCC(C)N1c1nc(C2CC2)c(CNC(C)C)s1. The maximum Gasteiger partial charge on any atom is 0.186 e. The second-order valence-electron chi connectivity index (χ2n) is 7.01. The zero-order valence-corrected chi connectivity index (χ0v) is 14.7. The van der Waals surface area contributed by atoms with E-state index >= 15 is 0 Å². The summed E-state index contributed by atoms with van der Waals surface area (Å²) < 4.78 is 0. The molecule has 1 saturated carbocycles. The average Bonchev–Trinajstić information content (AvgIpc) is 3.10. The van der Waals surface area contributed by atoms with E-state index in [2.05, 4.69) is 37.9 Å². The Balaban J connectivity index is 1.83. The summed E-state index contributed by atoms with van der Waals surface area (Å²) in [6.45, 7) is 10.1. The molecule has 1 N–H and O–H groups in total. The second-order valence-corrected chi connectivity index (χ2v) is 8.07. The molecule has 2 fully saturated rings. The van der Waals surface area contributed by atoms with Gasteiger partial charge >= 0.3 is 0 Å². The van der Waals surface area contributed by atoms with Crippen LogP contribution in [-0.2, 0) is 6.54 Å². The lowest BCUT2D eigenvalue weighted by Crippen LogP contribution is -2.33. The van der Waals surface area contributed by atoms with Gasteiger partial charge in [0.15, 0.2) is 5.13 Å². The fourth-order valence-corrected chi connectivity index (χ4v) is 4.65. The van der Waals surface area contributed by atoms with Crippen LogP contribution >= 0.6 is 11.3 Å². The van der Waals surface area contributed by atoms with Crippen LogP contribution in [0, 0.1) is 0 Å². The third-order valence-corrected chi connectivity index (χ3v) is 5.91. The third kappa shape index (κ3) is 3.26. The first-order valence-corrected chi connectivity index (χ1v) is 9.43. The lowest BCUT2D eigenvalue weighted by Gasteiger charge is -2.27. The Bertz CT molecular complexity index is 478. The molecule has 1 aliphatic carbocycles. The summed E-state index contributed by atoms with van der Waals surface area (Å²) in [5.41, 5.74) is 1.40. The Hall–Kier alpha value is -0.610. The van der Waals surface area contributed by atoms with Crippen LogP contribution in [0.4, 0.5) is 5.13 Å². The van der Waals surface area contributed by atoms with Crippen LogP contribution in [0.15, 0.2) is 0 Å². The maximum absolute atomic E-state index is 5.09. The first-order chi connectivity index (χ1) is 10.1. The Morgan fingerprint density at radius 2 is 2.05 bits per heavy atom. The van der Waals surface area contributed by atoms with Crippen LogP contribution in [0.2, 0.25) is 0 Å². The fourth-order valence-electron chi connectivity index (χ4n) is 3.38. The summed E-state index contributed by atoms with van der Waals surface area (Å²) >= 11 is 1.94. The van der Waals surface area contributed by atoms with E-state index in [-0.39, 0.29) is 0 Å². The quantitative estimate of drug-likeness (QED) is 0.850. The molecule has 21 heavy (non-hydrogen) atoms. The molecule has 2 heterocycles. The van der Waals surface area contributed by atoms with Crippen molar-refractivity contribution >= 4 is 16.5 Å². The summed E-state index contributed by atoms with van der Waals surface area (Å²) in [5.74, 6) is 0.747. The Morgan fingerprint density at radius 3 is 2.67 bits per heavy atom. The molecule has 118 valence electrons. The average molecular weight is 308 g/mol. The van der Waals surface area contributed by atoms with Crippen molar-refractivity contribution in [3.63, 3.8) is 0 Å². The van der Waals surface area contributed by atoms with Crippen molar-refractivity contribution in [1.82, 2.24) is 10.3 Å². The highest BCUT2D eigenvalue weighted by molar-refractivity contribution is 7.15. The lowest BCUT2D eigenvalue weighted by molar-refractivity contribution is 0.590. The molecule has 0 amide bonds. The number of aromatic nitrogens is 1. The molecular weight excluding hydrogens is 278 g/mol. The van der Waals surface area contributed by atoms with Crippen LogP contribution in [0.25, 0.3) is 0 Å². The Kier molecular flexibility index (Phi) is 4.55. The van der Waals surface area contributed by atoms with E-state index in [9.17, 15) is 0 Å². The Morgan fingerprint density at radius 1 is 1.29 bits per heavy atom. The van der Waals surface area contributed by atoms with Crippen molar-refractivity contribution in [2.75, 3.05) is 4.90 Å². The van der Waals surface area contributed by atoms with E-state index in [4.69, 9.17) is 4.98 Å². The molecule has 1 aliphatic heterocycles. The standard InChI is InChI=1S/C17H29N3S/c1-5-14-9-6-12(4)20(14)17-19-16(13-7-8-13)15(21-17)10-18-11(2)3/h11-14,18H,5-10H2,1-4H3. The molecule has 1 aromatic heterocycles. The molecule has 4 heteroatoms. The van der Waals surface area contributed by atoms with Gasteiger partial charge in [-0.25, -0.2) is 4.98 Å². The number of hydrogen-bond acceptors (Lipinski definition) is 4. The molecule has 2 aliphatic rings. The molecule has 0 bridgehead atoms. The van der Waals surface area contributed by atoms with Gasteiger partial charge in [0.1, 0.15) is 0 Å². The first kappa shape index (κ1) is 15.3. The molecule has 2 atom stereocenters. The van der Waals surface area contributed by atoms with Gasteiger partial charge < -0.3 is 10.2 Å². The molecule has 0 radical (unpaired) electrons. The number of nitrogens with one attached hydrogen (secondary N) is 1. The first-order valence-electron chi connectivity index (χ1n) is 8.61. The van der Waals surface area contributed by atoms with Gasteiger partial charge in [0.05, 0.1) is 5.69 Å². The van der Waals surface area contributed by atoms with Gasteiger partial charge in [-0.3, -0.25) is 0 Å². The van der Waals surface area contributed by atoms with Gasteiger partial charge in [-0.2, -0.15) is 0 Å². The van der Waals surface area contributed by atoms with Crippen molar-refractivity contribution in [2.45, 2.75) is 90.4 Å². The highest BCUT2D eigenvalue weighted by Crippen LogP contribution is 2.45. The number of anilines is 1. The molecule has 2 unspecified atom stereocenters. The number of nitrogens with zero attached hydrogens (tertiary/aromatic N) is 2. The van der Waals surface area contributed by atoms with E-state index in [1.807, 2.05) is 11.3 Å². The highest BCUT2D eigenvalue weighted by Gasteiger charge is 2.35. The molecule has 3 rings (SSSR count). The van der Waals surface area contributed by atoms with Gasteiger partial charge in [-0.15, -0.1) is 11.3 Å². The van der Waals surface area contributed by atoms with Gasteiger partial charge in [0.25, 0.3) is 0 Å². The van der Waals surface area contributed by atoms with E-state index in [0.717, 1.165) is 12.5 Å². The second kappa shape index (κ2) is 6.25. The third-order valence-electron chi connectivity index (χ3n) is 4.83. The summed E-state index contributed by atoms with van der Waals surface area (Å²) in [6.07, 6.45) is 6.56. The van der Waals surface area contributed by atoms with Gasteiger partial charge in [-0.1, -0.05) is 20.8 Å². The van der Waals surface area contributed by atoms with Crippen LogP contribution in [0.1, 0.15) is 76.3 Å². The molecular formula is C17H29N3S. The molecule has 1 saturated heterocycles. The minimum absolute atomic E-state index is 0.539. The smallest absolute Gasteiger partial charge is 0.186 e. The maximum atomic E-state index is 5.09. The summed E-state index contributed by atoms with van der Waals surface area (Å²) in [6, 6.07) is 1.89. The largest absolute Gasteiger partial charge is 0.342 e. The summed E-state index contributed by atoms with van der Waals surface area (Å²) in [5, 5.41) is 4.86. The minimum atomic E-state index is 0.539. The Labute approximate surface area is 133 Å². The lowest BCUT2D eigenvalue weighted by atomic mass is 10.2. The van der Waals surface area contributed by atoms with Crippen molar-refractivity contribution < 1.29 is 0 Å². The number of rotatable bonds is 6. The molecule has 3 nitrogen and oxygen atoms in total. The zero-order valence-electron chi connectivity index (χ0n) is 13.9. The van der Waals surface area contributed by atoms with Crippen LogP contribution in [-0.4, -0.2) is 23.1 Å².